The summed E-state index contributed by atoms with van der Waals surface area (Å²) >= 11 is 0. The van der Waals surface area contributed by atoms with Crippen molar-refractivity contribution in [3.05, 3.63) is 35.9 Å². The summed E-state index contributed by atoms with van der Waals surface area (Å²) in [7, 11) is 0. The van der Waals surface area contributed by atoms with Gasteiger partial charge >= 0.3 is 6.09 Å². The number of nitrogens with zero attached hydrogens (tertiary/aromatic N) is 1. The third-order valence-corrected chi connectivity index (χ3v) is 2.61. The summed E-state index contributed by atoms with van der Waals surface area (Å²) in [6.45, 7) is 5.50. The molecule has 6 heteroatoms. The van der Waals surface area contributed by atoms with Gasteiger partial charge in [-0.25, -0.2) is 4.79 Å². The van der Waals surface area contributed by atoms with E-state index < -0.39 is 23.6 Å². The molecule has 0 aliphatic carbocycles. The van der Waals surface area contributed by atoms with Crippen LogP contribution in [0.25, 0.3) is 0 Å². The average Bonchev–Trinajstić information content (AvgIpc) is 2.43. The number of alkyl carbamates (subject to hydrolysis) is 1. The molecule has 6 nitrogen and oxygen atoms in total. The lowest BCUT2D eigenvalue weighted by Crippen LogP contribution is -2.47. The Balaban J connectivity index is 2.56. The van der Waals surface area contributed by atoms with E-state index in [9.17, 15) is 9.59 Å². The van der Waals surface area contributed by atoms with Gasteiger partial charge in [0.1, 0.15) is 11.6 Å². The Morgan fingerprint density at radius 3 is 2.45 bits per heavy atom. The molecular weight excluding hydrogens is 282 g/mol. The number of nitrogens with one attached hydrogen (secondary N) is 2. The summed E-state index contributed by atoms with van der Waals surface area (Å²) < 4.78 is 5.09. The van der Waals surface area contributed by atoms with Crippen LogP contribution in [0.15, 0.2) is 30.3 Å². The lowest BCUT2D eigenvalue weighted by Gasteiger charge is -2.22. The van der Waals surface area contributed by atoms with Gasteiger partial charge in [-0.05, 0) is 26.3 Å². The zero-order valence-electron chi connectivity index (χ0n) is 13.1. The molecule has 0 fully saturated rings. The van der Waals surface area contributed by atoms with Crippen molar-refractivity contribution in [3.63, 3.8) is 0 Å². The number of rotatable bonds is 5. The zero-order chi connectivity index (χ0) is 16.6. The van der Waals surface area contributed by atoms with Crippen LogP contribution in [0.5, 0.6) is 0 Å². The Bertz CT molecular complexity index is 544. The van der Waals surface area contributed by atoms with E-state index in [2.05, 4.69) is 10.6 Å². The molecule has 0 radical (unpaired) electrons. The Kier molecular flexibility index (Phi) is 6.39. The first-order valence-electron chi connectivity index (χ1n) is 7.00. The summed E-state index contributed by atoms with van der Waals surface area (Å²) in [6, 6.07) is 10.3. The minimum atomic E-state index is -0.941. The predicted molar refractivity (Wildman–Crippen MR) is 81.7 cm³/mol. The quantitative estimate of drug-likeness (QED) is 0.871. The van der Waals surface area contributed by atoms with Gasteiger partial charge < -0.3 is 15.4 Å². The lowest BCUT2D eigenvalue weighted by atomic mass is 10.2. The van der Waals surface area contributed by atoms with Crippen LogP contribution < -0.4 is 10.6 Å². The summed E-state index contributed by atoms with van der Waals surface area (Å²) in [4.78, 5) is 23.8. The van der Waals surface area contributed by atoms with Gasteiger partial charge in [0, 0.05) is 6.54 Å². The second kappa shape index (κ2) is 8.03. The molecule has 1 aromatic carbocycles. The maximum Gasteiger partial charge on any atom is 0.408 e. The van der Waals surface area contributed by atoms with Crippen LogP contribution in [-0.4, -0.2) is 23.6 Å². The van der Waals surface area contributed by atoms with Crippen molar-refractivity contribution in [1.82, 2.24) is 10.6 Å². The molecule has 0 aliphatic rings. The standard InChI is InChI=1S/C16H21N3O3/c1-16(2,3)22-15(21)19-13(9-10-17)14(20)18-11-12-7-5-4-6-8-12/h4-8,13H,9,11H2,1-3H3,(H,18,20)(H,19,21)/t13-/m0/s1. The van der Waals surface area contributed by atoms with Gasteiger partial charge in [0.05, 0.1) is 12.5 Å². The summed E-state index contributed by atoms with van der Waals surface area (Å²) in [5.74, 6) is -0.420. The molecule has 0 unspecified atom stereocenters. The molecule has 22 heavy (non-hydrogen) atoms. The highest BCUT2D eigenvalue weighted by atomic mass is 16.6. The Labute approximate surface area is 130 Å². The number of carbonyl (C=O) groups is 2. The third-order valence-electron chi connectivity index (χ3n) is 2.61. The van der Waals surface area contributed by atoms with Crippen LogP contribution in [0.2, 0.25) is 0 Å². The minimum Gasteiger partial charge on any atom is -0.444 e. The SMILES string of the molecule is CC(C)(C)OC(=O)N[C@@H](CC#N)C(=O)NCc1ccccc1. The molecule has 2 amide bonds. The van der Waals surface area contributed by atoms with Crippen LogP contribution in [-0.2, 0) is 16.1 Å². The Hall–Kier alpha value is -2.55. The average molecular weight is 303 g/mol. The number of hydrogen-bond donors (Lipinski definition) is 2. The third kappa shape index (κ3) is 6.75. The van der Waals surface area contributed by atoms with E-state index in [-0.39, 0.29) is 6.42 Å². The van der Waals surface area contributed by atoms with Crippen LogP contribution in [0.1, 0.15) is 32.8 Å². The summed E-state index contributed by atoms with van der Waals surface area (Å²) in [5.41, 5.74) is 0.269. The van der Waals surface area contributed by atoms with Crippen molar-refractivity contribution in [2.45, 2.75) is 45.4 Å². The molecule has 0 spiro atoms. The van der Waals surface area contributed by atoms with E-state index >= 15 is 0 Å². The monoisotopic (exact) mass is 303 g/mol. The van der Waals surface area contributed by atoms with Crippen LogP contribution in [0.4, 0.5) is 4.79 Å². The van der Waals surface area contributed by atoms with Crippen molar-refractivity contribution < 1.29 is 14.3 Å². The maximum atomic E-state index is 12.1. The molecule has 0 aliphatic heterocycles. The van der Waals surface area contributed by atoms with Crippen molar-refractivity contribution in [3.8, 4) is 6.07 Å². The van der Waals surface area contributed by atoms with Crippen LogP contribution in [0, 0.1) is 11.3 Å². The molecule has 118 valence electrons. The van der Waals surface area contributed by atoms with Gasteiger partial charge in [0.15, 0.2) is 0 Å². The Morgan fingerprint density at radius 2 is 1.91 bits per heavy atom. The largest absolute Gasteiger partial charge is 0.444 e. The normalized spacial score (nSPS) is 11.9. The highest BCUT2D eigenvalue weighted by Crippen LogP contribution is 2.07. The fraction of sp³-hybridized carbons (Fsp3) is 0.438. The van der Waals surface area contributed by atoms with Crippen LogP contribution in [0.3, 0.4) is 0 Å². The minimum absolute atomic E-state index is 0.125. The van der Waals surface area contributed by atoms with Crippen LogP contribution >= 0.6 is 0 Å². The first kappa shape index (κ1) is 17.5. The number of amides is 2. The van der Waals surface area contributed by atoms with E-state index in [0.29, 0.717) is 6.54 Å². The second-order valence-electron chi connectivity index (χ2n) is 5.76. The van der Waals surface area contributed by atoms with Gasteiger partial charge in [-0.15, -0.1) is 0 Å². The number of nitriles is 1. The maximum absolute atomic E-state index is 12.1. The predicted octanol–water partition coefficient (Wildman–Crippen LogP) is 2.11. The van der Waals surface area contributed by atoms with Gasteiger partial charge in [0.2, 0.25) is 5.91 Å². The number of carbonyl (C=O) groups excluding carboxylic acids is 2. The molecule has 0 heterocycles. The van der Waals surface area contributed by atoms with E-state index in [1.807, 2.05) is 36.4 Å². The van der Waals surface area contributed by atoms with Gasteiger partial charge in [0.25, 0.3) is 0 Å². The zero-order valence-corrected chi connectivity index (χ0v) is 13.1. The van der Waals surface area contributed by atoms with Crippen molar-refractivity contribution in [2.24, 2.45) is 0 Å². The number of benzene rings is 1. The lowest BCUT2D eigenvalue weighted by molar-refractivity contribution is -0.123. The fourth-order valence-electron chi connectivity index (χ4n) is 1.66. The van der Waals surface area contributed by atoms with Crippen molar-refractivity contribution >= 4 is 12.0 Å². The van der Waals surface area contributed by atoms with E-state index in [1.165, 1.54) is 0 Å². The van der Waals surface area contributed by atoms with Gasteiger partial charge in [-0.1, -0.05) is 30.3 Å². The molecule has 1 rings (SSSR count). The fourth-order valence-corrected chi connectivity index (χ4v) is 1.66. The number of hydrogen-bond acceptors (Lipinski definition) is 4. The number of ether oxygens (including phenoxy) is 1. The first-order chi connectivity index (χ1) is 10.3. The smallest absolute Gasteiger partial charge is 0.408 e. The first-order valence-corrected chi connectivity index (χ1v) is 7.00. The van der Waals surface area contributed by atoms with Crippen molar-refractivity contribution in [2.75, 3.05) is 0 Å². The molecular formula is C16H21N3O3. The molecule has 1 atom stereocenters. The molecule has 0 aromatic heterocycles. The highest BCUT2D eigenvalue weighted by molar-refractivity contribution is 5.85. The summed E-state index contributed by atoms with van der Waals surface area (Å²) in [5, 5.41) is 13.9. The van der Waals surface area contributed by atoms with E-state index in [1.54, 1.807) is 20.8 Å². The molecule has 0 bridgehead atoms. The second-order valence-corrected chi connectivity index (χ2v) is 5.76. The molecule has 2 N–H and O–H groups in total. The van der Waals surface area contributed by atoms with Gasteiger partial charge in [-0.2, -0.15) is 5.26 Å². The van der Waals surface area contributed by atoms with Gasteiger partial charge in [-0.3, -0.25) is 4.79 Å². The topological polar surface area (TPSA) is 91.2 Å². The molecule has 0 saturated carbocycles. The summed E-state index contributed by atoms with van der Waals surface area (Å²) in [6.07, 6.45) is -0.845. The highest BCUT2D eigenvalue weighted by Gasteiger charge is 2.23. The van der Waals surface area contributed by atoms with Crippen molar-refractivity contribution in [1.29, 1.82) is 5.26 Å². The van der Waals surface area contributed by atoms with E-state index in [0.717, 1.165) is 5.56 Å². The Morgan fingerprint density at radius 1 is 1.27 bits per heavy atom. The molecule has 0 saturated heterocycles. The van der Waals surface area contributed by atoms with E-state index in [4.69, 9.17) is 10.00 Å². The molecule has 1 aromatic rings.